The van der Waals surface area contributed by atoms with Crippen molar-refractivity contribution in [2.45, 2.75) is 45.5 Å². The first-order chi connectivity index (χ1) is 20.6. The van der Waals surface area contributed by atoms with Crippen molar-refractivity contribution in [3.8, 4) is 6.07 Å². The zero-order chi connectivity index (χ0) is 29.9. The highest BCUT2D eigenvalue weighted by Crippen LogP contribution is 2.45. The van der Waals surface area contributed by atoms with Gasteiger partial charge in [0.25, 0.3) is 0 Å². The summed E-state index contributed by atoms with van der Waals surface area (Å²) in [6.45, 7) is 7.31. The number of aryl methyl sites for hydroxylation is 2. The van der Waals surface area contributed by atoms with Gasteiger partial charge in [0.1, 0.15) is 28.7 Å². The Labute approximate surface area is 251 Å². The Kier molecular flexibility index (Phi) is 6.70. The van der Waals surface area contributed by atoms with E-state index in [9.17, 15) is 18.4 Å². The lowest BCUT2D eigenvalue weighted by Gasteiger charge is -2.54. The van der Waals surface area contributed by atoms with E-state index in [0.717, 1.165) is 84.7 Å². The first-order valence-electron chi connectivity index (χ1n) is 14.4. The van der Waals surface area contributed by atoms with E-state index >= 15 is 0 Å². The molecule has 2 aliphatic heterocycles. The Morgan fingerprint density at radius 1 is 1.05 bits per heavy atom. The molecule has 2 saturated heterocycles. The normalized spacial score (nSPS) is 17.2. The minimum atomic E-state index is -4.24. The van der Waals surface area contributed by atoms with Gasteiger partial charge < -0.3 is 9.47 Å². The second kappa shape index (κ2) is 10.3. The van der Waals surface area contributed by atoms with Gasteiger partial charge in [-0.15, -0.1) is 11.3 Å². The van der Waals surface area contributed by atoms with E-state index in [0.29, 0.717) is 17.1 Å². The van der Waals surface area contributed by atoms with Crippen molar-refractivity contribution in [1.82, 2.24) is 29.2 Å². The van der Waals surface area contributed by atoms with Gasteiger partial charge in [-0.3, -0.25) is 9.58 Å². The van der Waals surface area contributed by atoms with Crippen molar-refractivity contribution < 1.29 is 13.2 Å². The standard InChI is InChI=1S/C31H31F3N8S/c1-20-21(3-4-27-25(20)11-23(14-35)42(27)16-22-5-8-38-39(22)2)15-40-9-6-30(7-10-40)17-41(18-30)28-26-12-24(13-31(32,33)34)43-29(26)37-19-36-28/h3-5,8,11-12,19H,6-7,9-10,13,15-18H2,1-2H3. The number of halogens is 3. The minimum absolute atomic E-state index is 0.211. The van der Waals surface area contributed by atoms with Gasteiger partial charge in [0.2, 0.25) is 0 Å². The third-order valence-corrected chi connectivity index (χ3v) is 10.3. The molecule has 1 aromatic carbocycles. The molecule has 222 valence electrons. The fourth-order valence-corrected chi connectivity index (χ4v) is 7.78. The summed E-state index contributed by atoms with van der Waals surface area (Å²) in [5.41, 5.74) is 5.44. The lowest BCUT2D eigenvalue weighted by atomic mass is 9.72. The Morgan fingerprint density at radius 2 is 1.84 bits per heavy atom. The predicted molar refractivity (Wildman–Crippen MR) is 160 cm³/mol. The Morgan fingerprint density at radius 3 is 2.53 bits per heavy atom. The molecular weight excluding hydrogens is 573 g/mol. The van der Waals surface area contributed by atoms with Crippen LogP contribution < -0.4 is 4.90 Å². The van der Waals surface area contributed by atoms with Gasteiger partial charge in [-0.25, -0.2) is 9.97 Å². The monoisotopic (exact) mass is 604 g/mol. The van der Waals surface area contributed by atoms with Crippen molar-refractivity contribution in [2.75, 3.05) is 31.1 Å². The summed E-state index contributed by atoms with van der Waals surface area (Å²) in [4.78, 5) is 14.3. The van der Waals surface area contributed by atoms with Crippen LogP contribution in [0.4, 0.5) is 19.0 Å². The molecule has 0 radical (unpaired) electrons. The van der Waals surface area contributed by atoms with Crippen LogP contribution in [0.25, 0.3) is 21.1 Å². The van der Waals surface area contributed by atoms with Gasteiger partial charge in [-0.1, -0.05) is 6.07 Å². The topological polar surface area (TPSA) is 78.8 Å². The van der Waals surface area contributed by atoms with Crippen LogP contribution >= 0.6 is 11.3 Å². The summed E-state index contributed by atoms with van der Waals surface area (Å²) in [5.74, 6) is 0.749. The van der Waals surface area contributed by atoms with Gasteiger partial charge in [-0.05, 0) is 68.2 Å². The molecule has 0 unspecified atom stereocenters. The third kappa shape index (κ3) is 5.14. The molecule has 0 atom stereocenters. The molecule has 6 heterocycles. The molecule has 12 heteroatoms. The van der Waals surface area contributed by atoms with Gasteiger partial charge in [-0.2, -0.15) is 23.5 Å². The number of fused-ring (bicyclic) bond motifs is 2. The average molecular weight is 605 g/mol. The maximum atomic E-state index is 13.0. The molecule has 43 heavy (non-hydrogen) atoms. The van der Waals surface area contributed by atoms with E-state index in [-0.39, 0.29) is 10.3 Å². The van der Waals surface area contributed by atoms with Crippen molar-refractivity contribution in [3.63, 3.8) is 0 Å². The highest BCUT2D eigenvalue weighted by Gasteiger charge is 2.46. The summed E-state index contributed by atoms with van der Waals surface area (Å²) in [7, 11) is 1.91. The van der Waals surface area contributed by atoms with E-state index in [1.807, 2.05) is 23.9 Å². The summed E-state index contributed by atoms with van der Waals surface area (Å²) >= 11 is 1.10. The molecule has 5 aromatic rings. The molecule has 0 bridgehead atoms. The molecule has 4 aromatic heterocycles. The lowest BCUT2D eigenvalue weighted by molar-refractivity contribution is -0.126. The number of alkyl halides is 3. The number of nitrogens with zero attached hydrogens (tertiary/aromatic N) is 8. The number of aromatic nitrogens is 5. The summed E-state index contributed by atoms with van der Waals surface area (Å²) < 4.78 is 42.8. The lowest BCUT2D eigenvalue weighted by Crippen LogP contribution is -2.60. The van der Waals surface area contributed by atoms with E-state index in [4.69, 9.17) is 0 Å². The summed E-state index contributed by atoms with van der Waals surface area (Å²) in [5, 5.41) is 15.9. The van der Waals surface area contributed by atoms with Gasteiger partial charge in [0.05, 0.1) is 24.0 Å². The van der Waals surface area contributed by atoms with Crippen LogP contribution in [0.1, 0.15) is 40.2 Å². The molecular formula is C31H31F3N8S. The average Bonchev–Trinajstić information content (AvgIpc) is 3.65. The highest BCUT2D eigenvalue weighted by atomic mass is 32.1. The van der Waals surface area contributed by atoms with E-state index in [1.54, 1.807) is 12.3 Å². The second-order valence-corrected chi connectivity index (χ2v) is 13.1. The van der Waals surface area contributed by atoms with Crippen LogP contribution in [0, 0.1) is 23.7 Å². The molecule has 2 fully saturated rings. The number of likely N-dealkylation sites (tertiary alicyclic amines) is 1. The fourth-order valence-electron chi connectivity index (χ4n) is 6.76. The Bertz CT molecular complexity index is 1860. The van der Waals surface area contributed by atoms with Gasteiger partial charge in [0.15, 0.2) is 0 Å². The first kappa shape index (κ1) is 27.9. The van der Waals surface area contributed by atoms with E-state index < -0.39 is 12.6 Å². The molecule has 0 amide bonds. The van der Waals surface area contributed by atoms with Crippen LogP contribution in [0.3, 0.4) is 0 Å². The number of hydrogen-bond acceptors (Lipinski definition) is 7. The van der Waals surface area contributed by atoms with E-state index in [2.05, 4.69) is 54.6 Å². The smallest absolute Gasteiger partial charge is 0.355 e. The predicted octanol–water partition coefficient (Wildman–Crippen LogP) is 5.82. The number of benzene rings is 1. The number of anilines is 1. The van der Waals surface area contributed by atoms with Crippen LogP contribution in [0.15, 0.2) is 42.9 Å². The zero-order valence-electron chi connectivity index (χ0n) is 24.0. The van der Waals surface area contributed by atoms with Crippen LogP contribution in [0.2, 0.25) is 0 Å². The maximum Gasteiger partial charge on any atom is 0.393 e. The summed E-state index contributed by atoms with van der Waals surface area (Å²) in [6, 6.07) is 12.3. The SMILES string of the molecule is Cc1c(CN2CCC3(CC2)CN(c2ncnc4sc(CC(F)(F)F)cc24)C3)ccc2c1cc(C#N)n2Cc1ccnn1C. The number of rotatable bonds is 6. The van der Waals surface area contributed by atoms with Crippen molar-refractivity contribution >= 4 is 38.3 Å². The van der Waals surface area contributed by atoms with Crippen molar-refractivity contribution in [3.05, 3.63) is 70.2 Å². The van der Waals surface area contributed by atoms with Crippen molar-refractivity contribution in [2.24, 2.45) is 12.5 Å². The first-order valence-corrected chi connectivity index (χ1v) is 15.2. The molecule has 1 spiro atoms. The molecule has 0 saturated carbocycles. The van der Waals surface area contributed by atoms with Crippen LogP contribution in [0.5, 0.6) is 0 Å². The van der Waals surface area contributed by atoms with E-state index in [1.165, 1.54) is 17.5 Å². The van der Waals surface area contributed by atoms with Gasteiger partial charge >= 0.3 is 6.18 Å². The largest absolute Gasteiger partial charge is 0.393 e. The molecule has 8 nitrogen and oxygen atoms in total. The Balaban J connectivity index is 1.01. The molecule has 7 rings (SSSR count). The second-order valence-electron chi connectivity index (χ2n) is 12.0. The van der Waals surface area contributed by atoms with Crippen LogP contribution in [-0.2, 0) is 26.6 Å². The number of hydrogen-bond donors (Lipinski definition) is 0. The van der Waals surface area contributed by atoms with Crippen LogP contribution in [-0.4, -0.2) is 61.6 Å². The summed E-state index contributed by atoms with van der Waals surface area (Å²) in [6.07, 6.45) is 0.207. The fraction of sp³-hybridized carbons (Fsp3) is 0.419. The number of piperidine rings is 1. The molecule has 2 aliphatic rings. The minimum Gasteiger partial charge on any atom is -0.355 e. The third-order valence-electron chi connectivity index (χ3n) is 9.22. The molecule has 0 N–H and O–H groups in total. The number of thiophene rings is 1. The highest BCUT2D eigenvalue weighted by molar-refractivity contribution is 7.18. The zero-order valence-corrected chi connectivity index (χ0v) is 24.8. The molecule has 0 aliphatic carbocycles. The number of nitriles is 1. The quantitative estimate of drug-likeness (QED) is 0.243. The van der Waals surface area contributed by atoms with Crippen molar-refractivity contribution in [1.29, 1.82) is 5.26 Å². The maximum absolute atomic E-state index is 13.0. The Hall–Kier alpha value is -3.95. The van der Waals surface area contributed by atoms with Gasteiger partial charge in [0, 0.05) is 54.1 Å².